The van der Waals surface area contributed by atoms with Crippen molar-refractivity contribution in [1.82, 2.24) is 0 Å². The zero-order chi connectivity index (χ0) is 9.56. The summed E-state index contributed by atoms with van der Waals surface area (Å²) in [6, 6.07) is 0. The minimum Gasteiger partial charge on any atom is -0.497 e. The van der Waals surface area contributed by atoms with Gasteiger partial charge in [-0.15, -0.1) is 0 Å². The molecule has 0 aromatic heterocycles. The van der Waals surface area contributed by atoms with Crippen LogP contribution in [0.2, 0.25) is 0 Å². The van der Waals surface area contributed by atoms with E-state index < -0.39 is 0 Å². The summed E-state index contributed by atoms with van der Waals surface area (Å²) in [7, 11) is 2.90. The van der Waals surface area contributed by atoms with Crippen LogP contribution in [0, 0.1) is 0 Å². The van der Waals surface area contributed by atoms with E-state index in [4.69, 9.17) is 4.74 Å². The number of carbonyl (C=O) groups is 1. The van der Waals surface area contributed by atoms with Crippen molar-refractivity contribution in [2.45, 2.75) is 13.3 Å². The van der Waals surface area contributed by atoms with Gasteiger partial charge >= 0.3 is 5.97 Å². The van der Waals surface area contributed by atoms with Crippen LogP contribution in [0.25, 0.3) is 0 Å². The van der Waals surface area contributed by atoms with Crippen LogP contribution >= 0.6 is 0 Å². The average Bonchev–Trinajstić information content (AvgIpc) is 2.06. The van der Waals surface area contributed by atoms with Gasteiger partial charge in [0, 0.05) is 0 Å². The molecule has 12 heavy (non-hydrogen) atoms. The number of hydrogen-bond donors (Lipinski definition) is 0. The van der Waals surface area contributed by atoms with Gasteiger partial charge in [0.25, 0.3) is 0 Å². The van der Waals surface area contributed by atoms with Gasteiger partial charge in [0.05, 0.1) is 20.6 Å². The zero-order valence-corrected chi connectivity index (χ0v) is 7.72. The van der Waals surface area contributed by atoms with Crippen LogP contribution in [-0.2, 0) is 14.3 Å². The Balaban J connectivity index is 4.33. The van der Waals surface area contributed by atoms with Gasteiger partial charge in [-0.1, -0.05) is 6.58 Å². The summed E-state index contributed by atoms with van der Waals surface area (Å²) in [6.07, 6.45) is 1.81. The number of esters is 1. The van der Waals surface area contributed by atoms with Crippen LogP contribution in [0.1, 0.15) is 13.3 Å². The lowest BCUT2D eigenvalue weighted by Crippen LogP contribution is -2.02. The second kappa shape index (κ2) is 5.41. The van der Waals surface area contributed by atoms with E-state index >= 15 is 0 Å². The van der Waals surface area contributed by atoms with Crippen LogP contribution in [0.4, 0.5) is 0 Å². The summed E-state index contributed by atoms with van der Waals surface area (Å²) < 4.78 is 9.46. The molecule has 3 nitrogen and oxygen atoms in total. The lowest BCUT2D eigenvalue weighted by atomic mass is 10.2. The van der Waals surface area contributed by atoms with Crippen molar-refractivity contribution in [3.05, 3.63) is 24.0 Å². The highest BCUT2D eigenvalue weighted by Gasteiger charge is 2.05. The number of ether oxygens (including phenoxy) is 2. The Morgan fingerprint density at radius 3 is 2.33 bits per heavy atom. The first-order chi connectivity index (χ1) is 5.65. The second-order valence-corrected chi connectivity index (χ2v) is 2.31. The van der Waals surface area contributed by atoms with Gasteiger partial charge in [0.1, 0.15) is 5.76 Å². The maximum absolute atomic E-state index is 10.8. The first kappa shape index (κ1) is 10.8. The Morgan fingerprint density at radius 1 is 1.42 bits per heavy atom. The number of allylic oxidation sites excluding steroid dienone is 1. The lowest BCUT2D eigenvalue weighted by Gasteiger charge is -2.05. The fraction of sp³-hybridized carbons (Fsp3) is 0.444. The molecule has 0 aromatic carbocycles. The molecule has 0 heterocycles. The number of hydrogen-bond acceptors (Lipinski definition) is 3. The molecule has 0 N–H and O–H groups in total. The predicted octanol–water partition coefficient (Wildman–Crippen LogP) is 1.66. The van der Waals surface area contributed by atoms with Crippen LogP contribution in [0.15, 0.2) is 24.0 Å². The van der Waals surface area contributed by atoms with E-state index in [1.165, 1.54) is 14.2 Å². The molecule has 0 radical (unpaired) electrons. The van der Waals surface area contributed by atoms with Gasteiger partial charge in [-0.05, 0) is 18.6 Å². The van der Waals surface area contributed by atoms with E-state index in [0.29, 0.717) is 5.76 Å². The SMILES string of the molecule is C=CC(OC)=C(C)CC(=O)OC. The van der Waals surface area contributed by atoms with Crippen molar-refractivity contribution in [3.8, 4) is 0 Å². The molecule has 0 aromatic rings. The minimum atomic E-state index is -0.274. The number of methoxy groups -OCH3 is 2. The molecule has 0 aliphatic carbocycles. The third-order valence-electron chi connectivity index (χ3n) is 1.46. The number of rotatable bonds is 4. The Labute approximate surface area is 72.7 Å². The maximum Gasteiger partial charge on any atom is 0.309 e. The van der Waals surface area contributed by atoms with Gasteiger partial charge in [-0.25, -0.2) is 0 Å². The third-order valence-corrected chi connectivity index (χ3v) is 1.46. The molecule has 0 rings (SSSR count). The summed E-state index contributed by atoms with van der Waals surface area (Å²) in [5.41, 5.74) is 0.819. The van der Waals surface area contributed by atoms with Gasteiger partial charge in [0.2, 0.25) is 0 Å². The highest BCUT2D eigenvalue weighted by atomic mass is 16.5. The molecule has 0 aliphatic heterocycles. The quantitative estimate of drug-likeness (QED) is 0.365. The molecule has 0 saturated carbocycles. The van der Waals surface area contributed by atoms with Crippen molar-refractivity contribution < 1.29 is 14.3 Å². The fourth-order valence-corrected chi connectivity index (χ4v) is 0.808. The third kappa shape index (κ3) is 3.23. The highest BCUT2D eigenvalue weighted by molar-refractivity contribution is 5.72. The van der Waals surface area contributed by atoms with Crippen LogP contribution in [-0.4, -0.2) is 20.2 Å². The first-order valence-electron chi connectivity index (χ1n) is 3.58. The van der Waals surface area contributed by atoms with Crippen molar-refractivity contribution in [2.24, 2.45) is 0 Å². The van der Waals surface area contributed by atoms with E-state index in [1.54, 1.807) is 13.0 Å². The molecular formula is C9H14O3. The summed E-state index contributed by atoms with van der Waals surface area (Å²) in [5, 5.41) is 0. The topological polar surface area (TPSA) is 35.5 Å². The van der Waals surface area contributed by atoms with Crippen molar-refractivity contribution >= 4 is 5.97 Å². The van der Waals surface area contributed by atoms with E-state index in [2.05, 4.69) is 11.3 Å². The fourth-order valence-electron chi connectivity index (χ4n) is 0.808. The smallest absolute Gasteiger partial charge is 0.309 e. The van der Waals surface area contributed by atoms with Crippen LogP contribution in [0.5, 0.6) is 0 Å². The molecule has 0 atom stereocenters. The van der Waals surface area contributed by atoms with Crippen LogP contribution in [0.3, 0.4) is 0 Å². The van der Waals surface area contributed by atoms with Crippen molar-refractivity contribution in [1.29, 1.82) is 0 Å². The molecule has 0 fully saturated rings. The summed E-state index contributed by atoms with van der Waals surface area (Å²) in [4.78, 5) is 10.8. The Bertz CT molecular complexity index is 204. The highest BCUT2D eigenvalue weighted by Crippen LogP contribution is 2.10. The van der Waals surface area contributed by atoms with Crippen molar-refractivity contribution in [2.75, 3.05) is 14.2 Å². The normalized spacial score (nSPS) is 11.6. The molecule has 0 unspecified atom stereocenters. The summed E-state index contributed by atoms with van der Waals surface area (Å²) >= 11 is 0. The standard InChI is InChI=1S/C9H14O3/c1-5-8(11-3)7(2)6-9(10)12-4/h5H,1,6H2,2-4H3. The Hall–Kier alpha value is -1.25. The second-order valence-electron chi connectivity index (χ2n) is 2.31. The molecule has 0 saturated heterocycles. The summed E-state index contributed by atoms with van der Waals surface area (Å²) in [5.74, 6) is 0.351. The minimum absolute atomic E-state index is 0.242. The van der Waals surface area contributed by atoms with E-state index in [1.807, 2.05) is 0 Å². The van der Waals surface area contributed by atoms with Gasteiger partial charge in [0.15, 0.2) is 0 Å². The predicted molar refractivity (Wildman–Crippen MR) is 46.5 cm³/mol. The largest absolute Gasteiger partial charge is 0.497 e. The number of carbonyl (C=O) groups excluding carboxylic acids is 1. The van der Waals surface area contributed by atoms with E-state index in [9.17, 15) is 4.79 Å². The zero-order valence-electron chi connectivity index (χ0n) is 7.72. The molecular weight excluding hydrogens is 156 g/mol. The molecule has 3 heteroatoms. The molecule has 0 aliphatic rings. The van der Waals surface area contributed by atoms with E-state index in [-0.39, 0.29) is 12.4 Å². The lowest BCUT2D eigenvalue weighted by molar-refractivity contribution is -0.139. The average molecular weight is 170 g/mol. The van der Waals surface area contributed by atoms with Gasteiger partial charge in [-0.3, -0.25) is 4.79 Å². The Morgan fingerprint density at radius 2 is 2.00 bits per heavy atom. The maximum atomic E-state index is 10.8. The van der Waals surface area contributed by atoms with E-state index in [0.717, 1.165) is 5.57 Å². The summed E-state index contributed by atoms with van der Waals surface area (Å²) in [6.45, 7) is 5.35. The van der Waals surface area contributed by atoms with Gasteiger partial charge in [-0.2, -0.15) is 0 Å². The van der Waals surface area contributed by atoms with Crippen molar-refractivity contribution in [3.63, 3.8) is 0 Å². The first-order valence-corrected chi connectivity index (χ1v) is 3.58. The molecule has 0 spiro atoms. The Kier molecular flexibility index (Phi) is 4.84. The molecule has 0 amide bonds. The molecule has 68 valence electrons. The monoisotopic (exact) mass is 170 g/mol. The van der Waals surface area contributed by atoms with Gasteiger partial charge < -0.3 is 9.47 Å². The molecule has 0 bridgehead atoms. The van der Waals surface area contributed by atoms with Crippen LogP contribution < -0.4 is 0 Å².